The Bertz CT molecular complexity index is 1070. The number of anilines is 1. The maximum atomic E-state index is 13.1. The van der Waals surface area contributed by atoms with Crippen LogP contribution in [-0.4, -0.2) is 71.5 Å². The third-order valence-corrected chi connectivity index (χ3v) is 5.98. The predicted octanol–water partition coefficient (Wildman–Crippen LogP) is 3.55. The van der Waals surface area contributed by atoms with E-state index in [0.29, 0.717) is 49.6 Å². The summed E-state index contributed by atoms with van der Waals surface area (Å²) in [5, 5.41) is 2.36. The average molecular weight is 479 g/mol. The van der Waals surface area contributed by atoms with Crippen molar-refractivity contribution in [3.05, 3.63) is 52.3 Å². The fraction of sp³-hybridized carbons (Fsp3) is 0.458. The lowest BCUT2D eigenvalue weighted by molar-refractivity contribution is -0.137. The zero-order chi connectivity index (χ0) is 25.0. The van der Waals surface area contributed by atoms with Crippen molar-refractivity contribution in [1.29, 1.82) is 0 Å². The molecule has 1 aromatic carbocycles. The van der Waals surface area contributed by atoms with Gasteiger partial charge in [0.15, 0.2) is 11.6 Å². The normalized spacial score (nSPS) is 15.4. The highest BCUT2D eigenvalue weighted by Crippen LogP contribution is 2.34. The second kappa shape index (κ2) is 10.5. The Balaban J connectivity index is 1.54. The molecule has 34 heavy (non-hydrogen) atoms. The number of Topliss-reactive ketones (excluding diaryl/α,β-unsaturated/α-hetero) is 2. The number of alkyl halides is 3. The molecule has 0 saturated carbocycles. The summed E-state index contributed by atoms with van der Waals surface area (Å²) in [5.41, 5.74) is 1.33. The number of piperazine rings is 1. The highest BCUT2D eigenvalue weighted by molar-refractivity contribution is 6.04. The number of hydrogen-bond donors (Lipinski definition) is 2. The number of ketones is 2. The lowest BCUT2D eigenvalue weighted by atomic mass is 10.0. The second-order valence-corrected chi connectivity index (χ2v) is 8.46. The van der Waals surface area contributed by atoms with E-state index >= 15 is 0 Å². The van der Waals surface area contributed by atoms with E-state index < -0.39 is 17.6 Å². The van der Waals surface area contributed by atoms with E-state index in [1.54, 1.807) is 6.92 Å². The molecule has 0 spiro atoms. The minimum atomic E-state index is -4.55. The van der Waals surface area contributed by atoms with Gasteiger partial charge in [-0.05, 0) is 38.0 Å². The average Bonchev–Trinajstić information content (AvgIpc) is 3.11. The predicted molar refractivity (Wildman–Crippen MR) is 122 cm³/mol. The van der Waals surface area contributed by atoms with Gasteiger partial charge in [-0.1, -0.05) is 19.1 Å². The van der Waals surface area contributed by atoms with Gasteiger partial charge in [-0.15, -0.1) is 0 Å². The number of aromatic nitrogens is 1. The minimum absolute atomic E-state index is 0.0360. The van der Waals surface area contributed by atoms with Gasteiger partial charge in [-0.2, -0.15) is 13.2 Å². The van der Waals surface area contributed by atoms with Crippen LogP contribution in [-0.2, 0) is 17.4 Å². The first-order chi connectivity index (χ1) is 16.0. The molecule has 1 amide bonds. The monoisotopic (exact) mass is 478 g/mol. The number of hydrogen-bond acceptors (Lipinski definition) is 5. The van der Waals surface area contributed by atoms with Crippen molar-refractivity contribution in [2.24, 2.45) is 0 Å². The molecule has 3 rings (SSSR count). The van der Waals surface area contributed by atoms with Crippen LogP contribution in [0.25, 0.3) is 0 Å². The van der Waals surface area contributed by atoms with Gasteiger partial charge in [0.05, 0.1) is 30.0 Å². The van der Waals surface area contributed by atoms with Gasteiger partial charge in [0.25, 0.3) is 0 Å². The number of amides is 1. The Hall–Kier alpha value is -2.98. The van der Waals surface area contributed by atoms with Crippen LogP contribution in [0.1, 0.15) is 51.5 Å². The SMILES string of the molecule is CCc1c(C(=O)CN2CCN(CC(=O)Nc3ccccc3C(F)(F)F)CC2)[nH]c(C)c1C(C)=O. The van der Waals surface area contributed by atoms with E-state index in [-0.39, 0.29) is 30.3 Å². The van der Waals surface area contributed by atoms with Crippen LogP contribution in [0, 0.1) is 6.92 Å². The summed E-state index contributed by atoms with van der Waals surface area (Å²) >= 11 is 0. The van der Waals surface area contributed by atoms with E-state index in [1.165, 1.54) is 25.1 Å². The molecule has 1 fully saturated rings. The zero-order valence-corrected chi connectivity index (χ0v) is 19.5. The quantitative estimate of drug-likeness (QED) is 0.567. The summed E-state index contributed by atoms with van der Waals surface area (Å²) < 4.78 is 39.4. The number of nitrogens with one attached hydrogen (secondary N) is 2. The highest BCUT2D eigenvalue weighted by atomic mass is 19.4. The van der Waals surface area contributed by atoms with Crippen LogP contribution in [0.3, 0.4) is 0 Å². The molecular formula is C24H29F3N4O3. The summed E-state index contributed by atoms with van der Waals surface area (Å²) in [6, 6.07) is 4.88. The Morgan fingerprint density at radius 1 is 1.03 bits per heavy atom. The Morgan fingerprint density at radius 2 is 1.62 bits per heavy atom. The molecule has 7 nitrogen and oxygen atoms in total. The van der Waals surface area contributed by atoms with Gasteiger partial charge in [0.2, 0.25) is 5.91 Å². The molecule has 10 heteroatoms. The van der Waals surface area contributed by atoms with E-state index in [4.69, 9.17) is 0 Å². The first kappa shape index (κ1) is 25.6. The van der Waals surface area contributed by atoms with Crippen molar-refractivity contribution in [1.82, 2.24) is 14.8 Å². The molecule has 2 heterocycles. The van der Waals surface area contributed by atoms with Crippen LogP contribution in [0.2, 0.25) is 0 Å². The number of benzene rings is 1. The van der Waals surface area contributed by atoms with Crippen molar-refractivity contribution in [2.45, 2.75) is 33.4 Å². The minimum Gasteiger partial charge on any atom is -0.355 e. The smallest absolute Gasteiger partial charge is 0.355 e. The molecule has 0 atom stereocenters. The van der Waals surface area contributed by atoms with E-state index in [2.05, 4.69) is 10.3 Å². The number of para-hydroxylation sites is 1. The van der Waals surface area contributed by atoms with Crippen molar-refractivity contribution >= 4 is 23.2 Å². The summed E-state index contributed by atoms with van der Waals surface area (Å²) in [7, 11) is 0. The Labute approximate surface area is 196 Å². The fourth-order valence-corrected chi connectivity index (χ4v) is 4.36. The van der Waals surface area contributed by atoms with Crippen molar-refractivity contribution in [2.75, 3.05) is 44.6 Å². The molecule has 184 valence electrons. The maximum Gasteiger partial charge on any atom is 0.418 e. The molecule has 0 radical (unpaired) electrons. The number of aromatic amines is 1. The number of nitrogens with zero attached hydrogens (tertiary/aromatic N) is 2. The summed E-state index contributed by atoms with van der Waals surface area (Å²) in [6.45, 7) is 7.41. The van der Waals surface area contributed by atoms with E-state index in [1.807, 2.05) is 16.7 Å². The lowest BCUT2D eigenvalue weighted by Crippen LogP contribution is -2.49. The summed E-state index contributed by atoms with van der Waals surface area (Å²) in [4.78, 5) is 44.1. The first-order valence-corrected chi connectivity index (χ1v) is 11.2. The fourth-order valence-electron chi connectivity index (χ4n) is 4.36. The number of carbonyl (C=O) groups is 3. The number of carbonyl (C=O) groups excluding carboxylic acids is 3. The van der Waals surface area contributed by atoms with E-state index in [9.17, 15) is 27.6 Å². The molecule has 0 bridgehead atoms. The molecule has 1 saturated heterocycles. The molecule has 0 aliphatic carbocycles. The van der Waals surface area contributed by atoms with Gasteiger partial charge in [-0.25, -0.2) is 0 Å². The second-order valence-electron chi connectivity index (χ2n) is 8.46. The Morgan fingerprint density at radius 3 is 2.18 bits per heavy atom. The van der Waals surface area contributed by atoms with Gasteiger partial charge >= 0.3 is 6.18 Å². The third kappa shape index (κ3) is 5.92. The Kier molecular flexibility index (Phi) is 7.93. The molecule has 0 unspecified atom stereocenters. The summed E-state index contributed by atoms with van der Waals surface area (Å²) in [5.74, 6) is -0.691. The van der Waals surface area contributed by atoms with Crippen LogP contribution < -0.4 is 5.32 Å². The molecule has 1 aromatic heterocycles. The number of aryl methyl sites for hydroxylation is 1. The topological polar surface area (TPSA) is 85.5 Å². The van der Waals surface area contributed by atoms with Gasteiger partial charge in [0.1, 0.15) is 0 Å². The standard InChI is InChI=1S/C24H29F3N4O3/c1-4-17-22(16(3)32)15(2)28-23(17)20(33)13-30-9-11-31(12-10-30)14-21(34)29-19-8-6-5-7-18(19)24(25,26)27/h5-8,28H,4,9-14H2,1-3H3,(H,29,34). The van der Waals surface area contributed by atoms with Crippen molar-refractivity contribution in [3.63, 3.8) is 0 Å². The van der Waals surface area contributed by atoms with Gasteiger partial charge < -0.3 is 10.3 Å². The van der Waals surface area contributed by atoms with Gasteiger partial charge in [-0.3, -0.25) is 24.2 Å². The molecular weight excluding hydrogens is 449 g/mol. The number of H-pyrrole nitrogens is 1. The van der Waals surface area contributed by atoms with Crippen LogP contribution >= 0.6 is 0 Å². The summed E-state index contributed by atoms with van der Waals surface area (Å²) in [6.07, 6.45) is -3.98. The van der Waals surface area contributed by atoms with E-state index in [0.717, 1.165) is 11.6 Å². The van der Waals surface area contributed by atoms with Crippen LogP contribution in [0.5, 0.6) is 0 Å². The maximum absolute atomic E-state index is 13.1. The first-order valence-electron chi connectivity index (χ1n) is 11.2. The third-order valence-electron chi connectivity index (χ3n) is 5.98. The zero-order valence-electron chi connectivity index (χ0n) is 19.5. The van der Waals surface area contributed by atoms with Crippen LogP contribution in [0.4, 0.5) is 18.9 Å². The molecule has 2 N–H and O–H groups in total. The molecule has 2 aromatic rings. The highest BCUT2D eigenvalue weighted by Gasteiger charge is 2.33. The molecule has 1 aliphatic rings. The van der Waals surface area contributed by atoms with Crippen molar-refractivity contribution in [3.8, 4) is 0 Å². The molecule has 1 aliphatic heterocycles. The number of rotatable bonds is 8. The van der Waals surface area contributed by atoms with Crippen molar-refractivity contribution < 1.29 is 27.6 Å². The lowest BCUT2D eigenvalue weighted by Gasteiger charge is -2.33. The number of halogens is 3. The van der Waals surface area contributed by atoms with Gasteiger partial charge in [0, 0.05) is 37.4 Å². The van der Waals surface area contributed by atoms with Crippen LogP contribution in [0.15, 0.2) is 24.3 Å². The largest absolute Gasteiger partial charge is 0.418 e.